The van der Waals surface area contributed by atoms with Crippen molar-refractivity contribution in [1.82, 2.24) is 20.4 Å². The second-order valence-electron chi connectivity index (χ2n) is 6.78. The number of ether oxygens (including phenoxy) is 3. The zero-order chi connectivity index (χ0) is 20.3. The zero-order valence-electron chi connectivity index (χ0n) is 17.3. The van der Waals surface area contributed by atoms with Gasteiger partial charge in [0.15, 0.2) is 5.96 Å². The van der Waals surface area contributed by atoms with Crippen molar-refractivity contribution in [3.8, 4) is 11.4 Å². The Balaban J connectivity index is 1.45. The van der Waals surface area contributed by atoms with Crippen LogP contribution in [0, 0.1) is 0 Å². The standard InChI is InChI=1S/C21H31N5O3/c1-3-22-21(23-11-4-13-29-20-10-14-28-16-20)24-15-17-9-12-26(25-17)18-5-7-19(27-2)8-6-18/h5-9,12,20H,3-4,10-11,13-16H2,1-2H3,(H2,22,23,24). The summed E-state index contributed by atoms with van der Waals surface area (Å²) >= 11 is 0. The van der Waals surface area contributed by atoms with Crippen LogP contribution in [0.15, 0.2) is 41.5 Å². The normalized spacial score (nSPS) is 16.8. The first-order chi connectivity index (χ1) is 14.3. The van der Waals surface area contributed by atoms with E-state index in [0.717, 1.165) is 68.8 Å². The van der Waals surface area contributed by atoms with Gasteiger partial charge >= 0.3 is 0 Å². The van der Waals surface area contributed by atoms with E-state index in [4.69, 9.17) is 14.2 Å². The van der Waals surface area contributed by atoms with Crippen LogP contribution in [0.1, 0.15) is 25.5 Å². The van der Waals surface area contributed by atoms with Crippen molar-refractivity contribution < 1.29 is 14.2 Å². The molecule has 0 amide bonds. The molecule has 2 aromatic rings. The molecule has 0 radical (unpaired) electrons. The molecule has 1 atom stereocenters. The lowest BCUT2D eigenvalue weighted by Crippen LogP contribution is -2.38. The highest BCUT2D eigenvalue weighted by Gasteiger charge is 2.15. The maximum Gasteiger partial charge on any atom is 0.191 e. The number of nitrogens with one attached hydrogen (secondary N) is 2. The molecule has 8 heteroatoms. The number of aliphatic imine (C=N–C) groups is 1. The van der Waals surface area contributed by atoms with E-state index in [1.54, 1.807) is 7.11 Å². The first kappa shape index (κ1) is 21.1. The molecule has 0 bridgehead atoms. The molecule has 8 nitrogen and oxygen atoms in total. The van der Waals surface area contributed by atoms with Crippen molar-refractivity contribution in [3.63, 3.8) is 0 Å². The highest BCUT2D eigenvalue weighted by Crippen LogP contribution is 2.14. The minimum atomic E-state index is 0.262. The Hall–Kier alpha value is -2.58. The SMILES string of the molecule is CCNC(=NCc1ccn(-c2ccc(OC)cc2)n1)NCCCOC1CCOC1. The van der Waals surface area contributed by atoms with Crippen LogP contribution in [0.5, 0.6) is 5.75 Å². The lowest BCUT2D eigenvalue weighted by Gasteiger charge is -2.12. The van der Waals surface area contributed by atoms with Crippen molar-refractivity contribution in [2.75, 3.05) is 40.0 Å². The average Bonchev–Trinajstić information content (AvgIpc) is 3.44. The number of nitrogens with zero attached hydrogens (tertiary/aromatic N) is 3. The molecule has 2 heterocycles. The van der Waals surface area contributed by atoms with Crippen LogP contribution in [-0.4, -0.2) is 61.9 Å². The van der Waals surface area contributed by atoms with E-state index in [9.17, 15) is 0 Å². The maximum absolute atomic E-state index is 5.79. The third-order valence-corrected chi connectivity index (χ3v) is 4.58. The van der Waals surface area contributed by atoms with Crippen molar-refractivity contribution in [1.29, 1.82) is 0 Å². The van der Waals surface area contributed by atoms with Gasteiger partial charge in [-0.15, -0.1) is 0 Å². The number of aromatic nitrogens is 2. The van der Waals surface area contributed by atoms with Gasteiger partial charge in [0.25, 0.3) is 0 Å². The number of hydrogen-bond acceptors (Lipinski definition) is 5. The Bertz CT molecular complexity index is 754. The van der Waals surface area contributed by atoms with Gasteiger partial charge in [-0.25, -0.2) is 9.67 Å². The summed E-state index contributed by atoms with van der Waals surface area (Å²) in [6.45, 7) is 6.44. The molecule has 158 valence electrons. The van der Waals surface area contributed by atoms with Gasteiger partial charge in [0.1, 0.15) is 5.75 Å². The van der Waals surface area contributed by atoms with Crippen molar-refractivity contribution in [2.24, 2.45) is 4.99 Å². The summed E-state index contributed by atoms with van der Waals surface area (Å²) in [5.41, 5.74) is 1.89. The van der Waals surface area contributed by atoms with Gasteiger partial charge in [-0.2, -0.15) is 5.10 Å². The highest BCUT2D eigenvalue weighted by molar-refractivity contribution is 5.79. The fourth-order valence-electron chi connectivity index (χ4n) is 3.00. The molecule has 1 aromatic heterocycles. The summed E-state index contributed by atoms with van der Waals surface area (Å²) in [6, 6.07) is 9.78. The first-order valence-electron chi connectivity index (χ1n) is 10.2. The van der Waals surface area contributed by atoms with Gasteiger partial charge < -0.3 is 24.8 Å². The minimum Gasteiger partial charge on any atom is -0.497 e. The molecule has 0 aliphatic carbocycles. The summed E-state index contributed by atoms with van der Waals surface area (Å²) in [4.78, 5) is 4.63. The monoisotopic (exact) mass is 401 g/mol. The van der Waals surface area contributed by atoms with Crippen LogP contribution in [0.25, 0.3) is 5.69 Å². The van der Waals surface area contributed by atoms with Crippen molar-refractivity contribution in [2.45, 2.75) is 32.4 Å². The molecule has 1 aliphatic heterocycles. The van der Waals surface area contributed by atoms with Gasteiger partial charge in [0, 0.05) is 32.5 Å². The zero-order valence-corrected chi connectivity index (χ0v) is 17.3. The molecule has 29 heavy (non-hydrogen) atoms. The lowest BCUT2D eigenvalue weighted by molar-refractivity contribution is 0.0420. The number of hydrogen-bond donors (Lipinski definition) is 2. The van der Waals surface area contributed by atoms with Gasteiger partial charge in [-0.1, -0.05) is 0 Å². The summed E-state index contributed by atoms with van der Waals surface area (Å²) in [7, 11) is 1.66. The molecule has 1 aromatic carbocycles. The number of benzene rings is 1. The van der Waals surface area contributed by atoms with Crippen LogP contribution < -0.4 is 15.4 Å². The fraction of sp³-hybridized carbons (Fsp3) is 0.524. The van der Waals surface area contributed by atoms with Crippen LogP contribution in [-0.2, 0) is 16.0 Å². The van der Waals surface area contributed by atoms with Crippen LogP contribution in [0.4, 0.5) is 0 Å². The summed E-state index contributed by atoms with van der Waals surface area (Å²) < 4.78 is 18.1. The van der Waals surface area contributed by atoms with Crippen LogP contribution >= 0.6 is 0 Å². The van der Waals surface area contributed by atoms with Crippen LogP contribution in [0.3, 0.4) is 0 Å². The largest absolute Gasteiger partial charge is 0.497 e. The van der Waals surface area contributed by atoms with Gasteiger partial charge in [-0.3, -0.25) is 0 Å². The van der Waals surface area contributed by atoms with Gasteiger partial charge in [-0.05, 0) is 50.1 Å². The first-order valence-corrected chi connectivity index (χ1v) is 10.2. The Morgan fingerprint density at radius 2 is 2.14 bits per heavy atom. The molecule has 0 saturated carbocycles. The molecule has 1 saturated heterocycles. The van der Waals surface area contributed by atoms with Gasteiger partial charge in [0.2, 0.25) is 0 Å². The average molecular weight is 402 g/mol. The molecular weight excluding hydrogens is 370 g/mol. The van der Waals surface area contributed by atoms with E-state index >= 15 is 0 Å². The molecule has 1 aliphatic rings. The van der Waals surface area contributed by atoms with Crippen molar-refractivity contribution in [3.05, 3.63) is 42.2 Å². The molecule has 1 fully saturated rings. The third-order valence-electron chi connectivity index (χ3n) is 4.58. The summed E-state index contributed by atoms with van der Waals surface area (Å²) in [5.74, 6) is 1.62. The maximum atomic E-state index is 5.79. The minimum absolute atomic E-state index is 0.262. The van der Waals surface area contributed by atoms with E-state index in [1.165, 1.54) is 0 Å². The quantitative estimate of drug-likeness (QED) is 0.361. The second kappa shape index (κ2) is 11.4. The fourth-order valence-corrected chi connectivity index (χ4v) is 3.00. The van der Waals surface area contributed by atoms with Crippen LogP contribution in [0.2, 0.25) is 0 Å². The molecule has 3 rings (SSSR count). The Morgan fingerprint density at radius 1 is 1.28 bits per heavy atom. The second-order valence-corrected chi connectivity index (χ2v) is 6.78. The third kappa shape index (κ3) is 6.76. The van der Waals surface area contributed by atoms with Gasteiger partial charge in [0.05, 0.1) is 37.7 Å². The van der Waals surface area contributed by atoms with Crippen molar-refractivity contribution >= 4 is 5.96 Å². The topological polar surface area (TPSA) is 81.9 Å². The predicted molar refractivity (Wildman–Crippen MR) is 113 cm³/mol. The molecule has 2 N–H and O–H groups in total. The molecular formula is C21H31N5O3. The van der Waals surface area contributed by atoms with E-state index in [0.29, 0.717) is 6.54 Å². The Kier molecular flexibility index (Phi) is 8.33. The van der Waals surface area contributed by atoms with E-state index in [2.05, 4.69) is 27.6 Å². The number of methoxy groups -OCH3 is 1. The number of guanidine groups is 1. The van der Waals surface area contributed by atoms with E-state index in [-0.39, 0.29) is 6.10 Å². The van der Waals surface area contributed by atoms with E-state index < -0.39 is 0 Å². The molecule has 0 spiro atoms. The highest BCUT2D eigenvalue weighted by atomic mass is 16.5. The molecule has 1 unspecified atom stereocenters. The Morgan fingerprint density at radius 3 is 2.86 bits per heavy atom. The summed E-state index contributed by atoms with van der Waals surface area (Å²) in [6.07, 6.45) is 4.13. The lowest BCUT2D eigenvalue weighted by atomic mass is 10.3. The number of rotatable bonds is 10. The predicted octanol–water partition coefficient (Wildman–Crippen LogP) is 2.13. The van der Waals surface area contributed by atoms with E-state index in [1.807, 2.05) is 41.2 Å². The Labute approximate surface area is 172 Å². The summed E-state index contributed by atoms with van der Waals surface area (Å²) in [5, 5.41) is 11.2. The smallest absolute Gasteiger partial charge is 0.191 e.